The molecule has 2 heterocycles. The SMILES string of the molecule is C=CCOP(=O)(OCC=C)OCCN(C(=O)OC(C)(C)C)c1cc2c(c(OCOC)c1)C(=O)O[C@@H](C)[C@H](C)C=C[C@@H](O)[C@H]1OC(C)(C)O[C@H]1CC=C2. The summed E-state index contributed by atoms with van der Waals surface area (Å²) in [5.41, 5.74) is -0.231. The first-order chi connectivity index (χ1) is 24.4. The van der Waals surface area contributed by atoms with E-state index < -0.39 is 55.7 Å². The van der Waals surface area contributed by atoms with Crippen molar-refractivity contribution in [2.75, 3.05) is 45.2 Å². The van der Waals surface area contributed by atoms with Crippen molar-refractivity contribution in [1.29, 1.82) is 0 Å². The highest BCUT2D eigenvalue weighted by molar-refractivity contribution is 7.48. The van der Waals surface area contributed by atoms with Crippen molar-refractivity contribution in [3.05, 3.63) is 66.8 Å². The van der Waals surface area contributed by atoms with E-state index in [4.69, 9.17) is 42.0 Å². The molecule has 1 fully saturated rings. The van der Waals surface area contributed by atoms with Gasteiger partial charge in [-0.1, -0.05) is 43.4 Å². The number of phosphoric acid groups is 1. The molecule has 0 spiro atoms. The van der Waals surface area contributed by atoms with Crippen LogP contribution in [-0.2, 0) is 41.8 Å². The number of methoxy groups -OCH3 is 1. The summed E-state index contributed by atoms with van der Waals surface area (Å²) in [6.07, 6.45) is 6.38. The second kappa shape index (κ2) is 19.1. The lowest BCUT2D eigenvalue weighted by molar-refractivity contribution is -0.152. The maximum atomic E-state index is 13.9. The lowest BCUT2D eigenvalue weighted by atomic mass is 9.98. The van der Waals surface area contributed by atoms with E-state index in [9.17, 15) is 19.3 Å². The van der Waals surface area contributed by atoms with Gasteiger partial charge in [-0.05, 0) is 59.6 Å². The van der Waals surface area contributed by atoms with Crippen molar-refractivity contribution < 1.29 is 61.3 Å². The fourth-order valence-electron chi connectivity index (χ4n) is 5.20. The number of carbonyl (C=O) groups excluding carboxylic acids is 2. The fourth-order valence-corrected chi connectivity index (χ4v) is 6.31. The Kier molecular flexibility index (Phi) is 15.8. The lowest BCUT2D eigenvalue weighted by Gasteiger charge is -2.29. The molecule has 1 saturated heterocycles. The Hall–Kier alpha value is -3.33. The molecule has 2 aliphatic rings. The number of benzene rings is 1. The Morgan fingerprint density at radius 1 is 1.10 bits per heavy atom. The minimum atomic E-state index is -4.07. The van der Waals surface area contributed by atoms with Crippen LogP contribution in [0.2, 0.25) is 0 Å². The van der Waals surface area contributed by atoms with Crippen LogP contribution in [0.4, 0.5) is 10.5 Å². The van der Waals surface area contributed by atoms with Crippen LogP contribution in [0.25, 0.3) is 6.08 Å². The molecule has 0 radical (unpaired) electrons. The first-order valence-corrected chi connectivity index (χ1v) is 18.5. The van der Waals surface area contributed by atoms with Gasteiger partial charge in [-0.15, -0.1) is 13.2 Å². The molecular formula is C37H54NO13P. The Balaban J connectivity index is 2.15. The van der Waals surface area contributed by atoms with Gasteiger partial charge in [-0.3, -0.25) is 18.5 Å². The summed E-state index contributed by atoms with van der Waals surface area (Å²) in [6, 6.07) is 3.08. The van der Waals surface area contributed by atoms with E-state index in [0.717, 1.165) is 0 Å². The second-order valence-corrected chi connectivity index (χ2v) is 15.3. The van der Waals surface area contributed by atoms with Gasteiger partial charge in [-0.25, -0.2) is 14.2 Å². The maximum absolute atomic E-state index is 13.9. The summed E-state index contributed by atoms with van der Waals surface area (Å²) >= 11 is 0. The summed E-state index contributed by atoms with van der Waals surface area (Å²) in [5, 5.41) is 11.0. The largest absolute Gasteiger partial charge is 0.475 e. The van der Waals surface area contributed by atoms with Crippen LogP contribution >= 0.6 is 7.82 Å². The van der Waals surface area contributed by atoms with Gasteiger partial charge >= 0.3 is 19.9 Å². The van der Waals surface area contributed by atoms with Crippen molar-refractivity contribution in [2.45, 2.75) is 90.7 Å². The number of aliphatic hydroxyl groups is 1. The monoisotopic (exact) mass is 751 g/mol. The zero-order chi connectivity index (χ0) is 38.7. The van der Waals surface area contributed by atoms with E-state index in [1.807, 2.05) is 6.92 Å². The number of hydrogen-bond donors (Lipinski definition) is 1. The van der Waals surface area contributed by atoms with E-state index in [0.29, 0.717) is 12.0 Å². The highest BCUT2D eigenvalue weighted by Gasteiger charge is 2.43. The number of aliphatic hydroxyl groups excluding tert-OH is 1. The van der Waals surface area contributed by atoms with Crippen LogP contribution in [0.15, 0.2) is 55.7 Å². The Morgan fingerprint density at radius 3 is 2.38 bits per heavy atom. The van der Waals surface area contributed by atoms with Crippen LogP contribution < -0.4 is 9.64 Å². The predicted octanol–water partition coefficient (Wildman–Crippen LogP) is 6.98. The number of carbonyl (C=O) groups is 2. The lowest BCUT2D eigenvalue weighted by Crippen LogP contribution is -2.39. The average molecular weight is 752 g/mol. The number of hydrogen-bond acceptors (Lipinski definition) is 13. The molecule has 0 aliphatic carbocycles. The van der Waals surface area contributed by atoms with Crippen LogP contribution in [0.5, 0.6) is 5.75 Å². The Labute approximate surface area is 306 Å². The number of esters is 1. The van der Waals surface area contributed by atoms with Gasteiger partial charge in [0.1, 0.15) is 35.2 Å². The zero-order valence-electron chi connectivity index (χ0n) is 31.4. The number of rotatable bonds is 14. The number of anilines is 1. The van der Waals surface area contributed by atoms with Gasteiger partial charge in [0.05, 0.1) is 38.2 Å². The van der Waals surface area contributed by atoms with Gasteiger partial charge in [0, 0.05) is 19.1 Å². The summed E-state index contributed by atoms with van der Waals surface area (Å²) in [5.74, 6) is -1.86. The minimum Gasteiger partial charge on any atom is -0.467 e. The topological polar surface area (TPSA) is 158 Å². The van der Waals surface area contributed by atoms with Gasteiger partial charge in [-0.2, -0.15) is 0 Å². The highest BCUT2D eigenvalue weighted by Crippen LogP contribution is 2.49. The number of fused-ring (bicyclic) bond motifs is 2. The third-order valence-electron chi connectivity index (χ3n) is 7.71. The maximum Gasteiger partial charge on any atom is 0.475 e. The Morgan fingerprint density at radius 2 is 1.77 bits per heavy atom. The van der Waals surface area contributed by atoms with E-state index in [2.05, 4.69) is 13.2 Å². The number of phosphoric ester groups is 1. The van der Waals surface area contributed by atoms with Gasteiger partial charge in [0.15, 0.2) is 12.6 Å². The molecule has 15 heteroatoms. The third-order valence-corrected chi connectivity index (χ3v) is 9.14. The molecule has 1 amide bonds. The third kappa shape index (κ3) is 12.7. The van der Waals surface area contributed by atoms with E-state index in [1.165, 1.54) is 30.2 Å². The van der Waals surface area contributed by atoms with E-state index >= 15 is 0 Å². The number of cyclic esters (lactones) is 1. The molecule has 0 unspecified atom stereocenters. The summed E-state index contributed by atoms with van der Waals surface area (Å²) < 4.78 is 64.3. The molecule has 1 N–H and O–H groups in total. The summed E-state index contributed by atoms with van der Waals surface area (Å²) in [6.45, 7) is 18.5. The molecule has 3 rings (SSSR count). The van der Waals surface area contributed by atoms with Crippen molar-refractivity contribution in [3.8, 4) is 5.75 Å². The first kappa shape index (κ1) is 43.1. The standard InChI is InChI=1S/C37H54NO13P/c1-11-19-45-52(42,46-20-12-2)47-21-18-38(35(41)51-36(5,6)7)28-22-27-14-13-15-30-33(50-37(8,9)49-30)29(39)17-16-25(3)26(4)48-34(40)32(27)31(23-28)44-24-43-10/h11-14,16-17,22-23,25-26,29-30,33,39H,1-2,15,18-21,24H2,3-10H3/t25-,26+,29-,30+,33-/m1/s1. The molecule has 1 aromatic rings. The normalized spacial score (nSPS) is 23.5. The molecule has 0 saturated carbocycles. The molecule has 0 bridgehead atoms. The van der Waals surface area contributed by atoms with Gasteiger partial charge < -0.3 is 33.5 Å². The smallest absolute Gasteiger partial charge is 0.467 e. The molecule has 5 atom stereocenters. The average Bonchev–Trinajstić information content (AvgIpc) is 3.38. The van der Waals surface area contributed by atoms with Gasteiger partial charge in [0.2, 0.25) is 0 Å². The van der Waals surface area contributed by atoms with Crippen LogP contribution in [-0.4, -0.2) is 93.2 Å². The Bertz CT molecular complexity index is 1480. The van der Waals surface area contributed by atoms with E-state index in [1.54, 1.807) is 71.9 Å². The van der Waals surface area contributed by atoms with Crippen molar-refractivity contribution in [1.82, 2.24) is 0 Å². The fraction of sp³-hybridized carbons (Fsp3) is 0.568. The first-order valence-electron chi connectivity index (χ1n) is 17.1. The van der Waals surface area contributed by atoms with Crippen molar-refractivity contribution in [3.63, 3.8) is 0 Å². The number of ether oxygens (including phenoxy) is 6. The zero-order valence-corrected chi connectivity index (χ0v) is 32.3. The molecule has 290 valence electrons. The predicted molar refractivity (Wildman–Crippen MR) is 195 cm³/mol. The number of nitrogens with zero attached hydrogens (tertiary/aromatic N) is 1. The summed E-state index contributed by atoms with van der Waals surface area (Å²) in [7, 11) is -2.64. The van der Waals surface area contributed by atoms with Crippen LogP contribution in [0.1, 0.15) is 70.8 Å². The second-order valence-electron chi connectivity index (χ2n) is 13.7. The van der Waals surface area contributed by atoms with Crippen LogP contribution in [0.3, 0.4) is 0 Å². The highest BCUT2D eigenvalue weighted by atomic mass is 31.2. The molecule has 0 aromatic heterocycles. The quantitative estimate of drug-likeness (QED) is 0.0900. The van der Waals surface area contributed by atoms with E-state index in [-0.39, 0.29) is 56.1 Å². The molecule has 52 heavy (non-hydrogen) atoms. The molecule has 14 nitrogen and oxygen atoms in total. The van der Waals surface area contributed by atoms with Crippen molar-refractivity contribution in [2.24, 2.45) is 5.92 Å². The minimum absolute atomic E-state index is 0.0603. The molecule has 2 aliphatic heterocycles. The molecule has 1 aromatic carbocycles. The molecular weight excluding hydrogens is 697 g/mol. The van der Waals surface area contributed by atoms with Crippen molar-refractivity contribution >= 4 is 31.6 Å². The van der Waals surface area contributed by atoms with Crippen LogP contribution in [0, 0.1) is 5.92 Å². The number of amides is 1. The van der Waals surface area contributed by atoms with Gasteiger partial charge in [0.25, 0.3) is 0 Å². The summed E-state index contributed by atoms with van der Waals surface area (Å²) in [4.78, 5) is 28.9.